The molecular weight excluding hydrogens is 226 g/mol. The van der Waals surface area contributed by atoms with E-state index < -0.39 is 0 Å². The molecule has 0 heterocycles. The second kappa shape index (κ2) is 8.82. The molecule has 0 spiro atoms. The molecular formula is C13H16FeN+2. The van der Waals surface area contributed by atoms with E-state index in [4.69, 9.17) is 5.73 Å². The van der Waals surface area contributed by atoms with Crippen LogP contribution in [0.4, 0.5) is 5.69 Å². The molecule has 0 unspecified atom stereocenters. The van der Waals surface area contributed by atoms with Crippen molar-refractivity contribution in [1.29, 1.82) is 0 Å². The van der Waals surface area contributed by atoms with E-state index in [-0.39, 0.29) is 17.1 Å². The number of nitrogen functional groups attached to an aromatic ring is 1. The summed E-state index contributed by atoms with van der Waals surface area (Å²) in [7, 11) is 0. The molecule has 1 aliphatic rings. The van der Waals surface area contributed by atoms with Crippen LogP contribution in [-0.2, 0) is 23.5 Å². The Labute approximate surface area is 104 Å². The van der Waals surface area contributed by atoms with Crippen molar-refractivity contribution in [3.05, 3.63) is 61.9 Å². The fraction of sp³-hybridized carbons (Fsp3) is 0.154. The van der Waals surface area contributed by atoms with E-state index in [0.29, 0.717) is 0 Å². The fourth-order valence-corrected chi connectivity index (χ4v) is 1.07. The van der Waals surface area contributed by atoms with Crippen LogP contribution < -0.4 is 5.73 Å². The summed E-state index contributed by atoms with van der Waals surface area (Å²) in [4.78, 5) is 0. The third-order valence-corrected chi connectivity index (χ3v) is 1.94. The Balaban J connectivity index is 0.000000280. The zero-order valence-electron chi connectivity index (χ0n) is 8.83. The van der Waals surface area contributed by atoms with Crippen molar-refractivity contribution >= 4 is 5.69 Å². The van der Waals surface area contributed by atoms with Gasteiger partial charge in [0.2, 0.25) is 0 Å². The van der Waals surface area contributed by atoms with E-state index in [1.807, 2.05) is 44.2 Å². The van der Waals surface area contributed by atoms with Gasteiger partial charge in [-0.05, 0) is 56.2 Å². The van der Waals surface area contributed by atoms with Crippen molar-refractivity contribution in [3.8, 4) is 0 Å². The van der Waals surface area contributed by atoms with Crippen LogP contribution in [0.1, 0.15) is 12.5 Å². The van der Waals surface area contributed by atoms with Crippen molar-refractivity contribution in [3.63, 3.8) is 0 Å². The van der Waals surface area contributed by atoms with Crippen LogP contribution in [0, 0.1) is 32.1 Å². The van der Waals surface area contributed by atoms with Crippen molar-refractivity contribution in [1.82, 2.24) is 0 Å². The molecule has 0 atom stereocenters. The van der Waals surface area contributed by atoms with Gasteiger partial charge in [-0.25, -0.2) is 0 Å². The maximum absolute atomic E-state index is 5.48. The Morgan fingerprint density at radius 1 is 0.867 bits per heavy atom. The smallest absolute Gasteiger partial charge is 0.399 e. The molecule has 1 aromatic carbocycles. The van der Waals surface area contributed by atoms with Crippen LogP contribution in [0.15, 0.2) is 24.3 Å². The Bertz CT molecular complexity index is 232. The Morgan fingerprint density at radius 2 is 1.27 bits per heavy atom. The monoisotopic (exact) mass is 242 g/mol. The Morgan fingerprint density at radius 3 is 1.60 bits per heavy atom. The molecule has 1 aliphatic carbocycles. The van der Waals surface area contributed by atoms with E-state index in [1.165, 1.54) is 5.56 Å². The summed E-state index contributed by atoms with van der Waals surface area (Å²) >= 11 is 0. The van der Waals surface area contributed by atoms with Crippen LogP contribution in [0.3, 0.4) is 0 Å². The maximum atomic E-state index is 5.48. The summed E-state index contributed by atoms with van der Waals surface area (Å²) in [6.07, 6.45) is 11.1. The summed E-state index contributed by atoms with van der Waals surface area (Å²) in [6.45, 7) is 2.13. The molecule has 1 saturated carbocycles. The molecule has 5 radical (unpaired) electrons. The fourth-order valence-electron chi connectivity index (χ4n) is 1.07. The first-order valence-electron chi connectivity index (χ1n) is 4.84. The summed E-state index contributed by atoms with van der Waals surface area (Å²) in [5.41, 5.74) is 7.66. The molecule has 2 rings (SSSR count). The van der Waals surface area contributed by atoms with E-state index in [2.05, 4.69) is 19.1 Å². The number of anilines is 1. The predicted molar refractivity (Wildman–Crippen MR) is 61.7 cm³/mol. The quantitative estimate of drug-likeness (QED) is 0.594. The van der Waals surface area contributed by atoms with Gasteiger partial charge in [0.15, 0.2) is 0 Å². The topological polar surface area (TPSA) is 26.0 Å². The maximum Gasteiger partial charge on any atom is 2.00 e. The van der Waals surface area contributed by atoms with Crippen molar-refractivity contribution in [2.24, 2.45) is 0 Å². The summed E-state index contributed by atoms with van der Waals surface area (Å²) in [5, 5.41) is 0. The van der Waals surface area contributed by atoms with Gasteiger partial charge in [0.1, 0.15) is 0 Å². The molecule has 0 saturated heterocycles. The second-order valence-electron chi connectivity index (χ2n) is 3.06. The van der Waals surface area contributed by atoms with E-state index in [0.717, 1.165) is 12.1 Å². The zero-order valence-corrected chi connectivity index (χ0v) is 9.94. The van der Waals surface area contributed by atoms with Crippen molar-refractivity contribution < 1.29 is 17.1 Å². The van der Waals surface area contributed by atoms with Crippen LogP contribution in [-0.4, -0.2) is 0 Å². The minimum atomic E-state index is 0. The van der Waals surface area contributed by atoms with Crippen LogP contribution in [0.25, 0.3) is 0 Å². The average Bonchev–Trinajstić information content (AvgIpc) is 2.77. The zero-order chi connectivity index (χ0) is 10.2. The number of aryl methyl sites for hydroxylation is 1. The molecule has 1 aromatic rings. The molecule has 0 amide bonds. The molecule has 2 heteroatoms. The predicted octanol–water partition coefficient (Wildman–Crippen LogP) is 2.85. The van der Waals surface area contributed by atoms with Gasteiger partial charge in [0, 0.05) is 5.69 Å². The molecule has 79 valence electrons. The summed E-state index contributed by atoms with van der Waals surface area (Å²) < 4.78 is 0. The van der Waals surface area contributed by atoms with E-state index in [1.54, 1.807) is 0 Å². The molecule has 15 heavy (non-hydrogen) atoms. The molecule has 0 aliphatic heterocycles. The first-order valence-corrected chi connectivity index (χ1v) is 4.84. The SMILES string of the molecule is CCc1ccc(N)cc1.[CH]1[CH][CH][CH][CH]1.[Fe+2]. The van der Waals surface area contributed by atoms with E-state index >= 15 is 0 Å². The number of benzene rings is 1. The van der Waals surface area contributed by atoms with Gasteiger partial charge in [-0.2, -0.15) is 0 Å². The third-order valence-electron chi connectivity index (χ3n) is 1.94. The molecule has 2 N–H and O–H groups in total. The summed E-state index contributed by atoms with van der Waals surface area (Å²) in [6, 6.07) is 7.96. The number of hydrogen-bond donors (Lipinski definition) is 1. The van der Waals surface area contributed by atoms with E-state index in [9.17, 15) is 0 Å². The minimum absolute atomic E-state index is 0. The van der Waals surface area contributed by atoms with Gasteiger partial charge in [-0.15, -0.1) is 0 Å². The average molecular weight is 242 g/mol. The first kappa shape index (κ1) is 14.5. The van der Waals surface area contributed by atoms with Crippen LogP contribution in [0.5, 0.6) is 0 Å². The minimum Gasteiger partial charge on any atom is -0.399 e. The molecule has 0 bridgehead atoms. The van der Waals surface area contributed by atoms with Crippen LogP contribution in [0.2, 0.25) is 0 Å². The van der Waals surface area contributed by atoms with Gasteiger partial charge in [0.25, 0.3) is 0 Å². The second-order valence-corrected chi connectivity index (χ2v) is 3.06. The van der Waals surface area contributed by atoms with Gasteiger partial charge in [-0.3, -0.25) is 0 Å². The van der Waals surface area contributed by atoms with Crippen LogP contribution >= 0.6 is 0 Å². The number of hydrogen-bond acceptors (Lipinski definition) is 1. The molecule has 0 aromatic heterocycles. The molecule has 1 nitrogen and oxygen atoms in total. The Kier molecular flexibility index (Phi) is 8.55. The van der Waals surface area contributed by atoms with Gasteiger partial charge >= 0.3 is 17.1 Å². The first-order chi connectivity index (χ1) is 6.83. The normalized spacial score (nSPS) is 13.7. The van der Waals surface area contributed by atoms with Gasteiger partial charge in [-0.1, -0.05) is 19.1 Å². The molecule has 1 fully saturated rings. The summed E-state index contributed by atoms with van der Waals surface area (Å²) in [5.74, 6) is 0. The number of nitrogens with two attached hydrogens (primary N) is 1. The van der Waals surface area contributed by atoms with Crippen molar-refractivity contribution in [2.45, 2.75) is 13.3 Å². The Hall–Kier alpha value is -0.461. The van der Waals surface area contributed by atoms with Gasteiger partial charge in [0.05, 0.1) is 0 Å². The largest absolute Gasteiger partial charge is 2.00 e. The van der Waals surface area contributed by atoms with Crippen molar-refractivity contribution in [2.75, 3.05) is 5.73 Å². The standard InChI is InChI=1S/C8H11N.C5H5.Fe/c1-2-7-3-5-8(9)6-4-7;1-2-4-5-3-1;/h3-6H,2,9H2,1H3;1-5H;/q;;+2. The third kappa shape index (κ3) is 6.59. The number of rotatable bonds is 1. The van der Waals surface area contributed by atoms with Gasteiger partial charge < -0.3 is 5.73 Å².